The van der Waals surface area contributed by atoms with E-state index in [0.29, 0.717) is 11.2 Å². The number of nitrogens with zero attached hydrogens (tertiary/aromatic N) is 2. The van der Waals surface area contributed by atoms with Gasteiger partial charge in [-0.1, -0.05) is 11.6 Å². The Kier molecular flexibility index (Phi) is 2.07. The van der Waals surface area contributed by atoms with E-state index in [1.165, 1.54) is 6.42 Å². The molecule has 0 amide bonds. The van der Waals surface area contributed by atoms with Gasteiger partial charge in [-0.25, -0.2) is 4.98 Å². The van der Waals surface area contributed by atoms with E-state index < -0.39 is 0 Å². The highest BCUT2D eigenvalue weighted by atomic mass is 35.5. The number of nitrogens with one attached hydrogen (secondary N) is 1. The number of halogens is 1. The van der Waals surface area contributed by atoms with E-state index in [-0.39, 0.29) is 0 Å². The molecule has 0 bridgehead atoms. The summed E-state index contributed by atoms with van der Waals surface area (Å²) in [5.74, 6) is 0. The van der Waals surface area contributed by atoms with Crippen molar-refractivity contribution in [1.82, 2.24) is 14.9 Å². The van der Waals surface area contributed by atoms with Crippen molar-refractivity contribution in [2.75, 3.05) is 6.54 Å². The molecule has 0 aliphatic carbocycles. The third kappa shape index (κ3) is 1.13. The lowest BCUT2D eigenvalue weighted by Gasteiger charge is -2.28. The van der Waals surface area contributed by atoms with Gasteiger partial charge in [0.25, 0.3) is 0 Å². The number of imidazole rings is 1. The number of hydrogen-bond donors (Lipinski definition) is 1. The number of aryl methyl sites for hydroxylation is 1. The second kappa shape index (κ2) is 3.07. The third-order valence-electron chi connectivity index (χ3n) is 2.33. The fraction of sp³-hybridized carbons (Fsp3) is 0.625. The Labute approximate surface area is 76.7 Å². The molecule has 1 aliphatic rings. The Bertz CT molecular complexity index is 278. The van der Waals surface area contributed by atoms with Gasteiger partial charge >= 0.3 is 0 Å². The molecule has 1 aliphatic heterocycles. The molecular weight excluding hydrogens is 174 g/mol. The lowest BCUT2D eigenvalue weighted by Crippen LogP contribution is -2.36. The van der Waals surface area contributed by atoms with Crippen molar-refractivity contribution < 1.29 is 0 Å². The number of rotatable bonds is 2. The van der Waals surface area contributed by atoms with Gasteiger partial charge in [-0.2, -0.15) is 0 Å². The standard InChI is InChI=1S/C8H12ClN3/c1-2-12-5-11-8(9)7(12)6-3-4-10-6/h5-6,10H,2-4H2,1H3. The molecule has 1 unspecified atom stereocenters. The normalized spacial score (nSPS) is 22.3. The van der Waals surface area contributed by atoms with Gasteiger partial charge < -0.3 is 9.88 Å². The molecule has 12 heavy (non-hydrogen) atoms. The summed E-state index contributed by atoms with van der Waals surface area (Å²) in [5, 5.41) is 3.97. The summed E-state index contributed by atoms with van der Waals surface area (Å²) < 4.78 is 2.10. The van der Waals surface area contributed by atoms with Crippen molar-refractivity contribution in [3.8, 4) is 0 Å². The van der Waals surface area contributed by atoms with Crippen LogP contribution in [0.3, 0.4) is 0 Å². The zero-order valence-electron chi connectivity index (χ0n) is 7.05. The predicted octanol–water partition coefficient (Wildman–Crippen LogP) is 1.59. The van der Waals surface area contributed by atoms with E-state index in [1.807, 2.05) is 0 Å². The molecule has 0 saturated carbocycles. The molecule has 1 N–H and O–H groups in total. The van der Waals surface area contributed by atoms with Crippen LogP contribution in [0.2, 0.25) is 5.15 Å². The highest BCUT2D eigenvalue weighted by molar-refractivity contribution is 6.30. The van der Waals surface area contributed by atoms with E-state index in [2.05, 4.69) is 21.8 Å². The van der Waals surface area contributed by atoms with Crippen LogP contribution in [0.25, 0.3) is 0 Å². The largest absolute Gasteiger partial charge is 0.332 e. The lowest BCUT2D eigenvalue weighted by molar-refractivity contribution is 0.364. The van der Waals surface area contributed by atoms with Gasteiger partial charge in [-0.05, 0) is 19.9 Å². The predicted molar refractivity (Wildman–Crippen MR) is 48.3 cm³/mol. The lowest BCUT2D eigenvalue weighted by atomic mass is 10.0. The molecule has 0 spiro atoms. The van der Waals surface area contributed by atoms with E-state index in [4.69, 9.17) is 11.6 Å². The van der Waals surface area contributed by atoms with Crippen LogP contribution >= 0.6 is 11.6 Å². The highest BCUT2D eigenvalue weighted by Crippen LogP contribution is 2.28. The summed E-state index contributed by atoms with van der Waals surface area (Å²) >= 11 is 5.96. The van der Waals surface area contributed by atoms with Gasteiger partial charge in [0.2, 0.25) is 0 Å². The SMILES string of the molecule is CCn1cnc(Cl)c1C1CCN1. The summed E-state index contributed by atoms with van der Waals surface area (Å²) in [6, 6.07) is 0.431. The monoisotopic (exact) mass is 185 g/mol. The average molecular weight is 186 g/mol. The first kappa shape index (κ1) is 8.08. The smallest absolute Gasteiger partial charge is 0.151 e. The van der Waals surface area contributed by atoms with Crippen LogP contribution < -0.4 is 5.32 Å². The van der Waals surface area contributed by atoms with Crippen LogP contribution in [-0.2, 0) is 6.54 Å². The Morgan fingerprint density at radius 3 is 3.08 bits per heavy atom. The fourth-order valence-electron chi connectivity index (χ4n) is 1.49. The van der Waals surface area contributed by atoms with E-state index in [9.17, 15) is 0 Å². The van der Waals surface area contributed by atoms with Gasteiger partial charge in [0, 0.05) is 6.54 Å². The zero-order chi connectivity index (χ0) is 8.55. The van der Waals surface area contributed by atoms with Crippen LogP contribution in [0.4, 0.5) is 0 Å². The summed E-state index contributed by atoms with van der Waals surface area (Å²) in [4.78, 5) is 4.08. The van der Waals surface area contributed by atoms with Crippen molar-refractivity contribution in [1.29, 1.82) is 0 Å². The van der Waals surface area contributed by atoms with Gasteiger partial charge in [0.15, 0.2) is 5.15 Å². The summed E-state index contributed by atoms with van der Waals surface area (Å²) in [6.07, 6.45) is 2.98. The maximum Gasteiger partial charge on any atom is 0.151 e. The topological polar surface area (TPSA) is 29.9 Å². The first-order valence-corrected chi connectivity index (χ1v) is 4.64. The molecule has 0 aromatic carbocycles. The minimum atomic E-state index is 0.431. The summed E-state index contributed by atoms with van der Waals surface area (Å²) in [5.41, 5.74) is 1.14. The van der Waals surface area contributed by atoms with Gasteiger partial charge in [-0.15, -0.1) is 0 Å². The molecule has 0 radical (unpaired) electrons. The van der Waals surface area contributed by atoms with E-state index in [0.717, 1.165) is 18.8 Å². The maximum absolute atomic E-state index is 5.96. The first-order chi connectivity index (χ1) is 5.83. The fourth-order valence-corrected chi connectivity index (χ4v) is 1.77. The highest BCUT2D eigenvalue weighted by Gasteiger charge is 2.24. The quantitative estimate of drug-likeness (QED) is 0.759. The Morgan fingerprint density at radius 2 is 2.58 bits per heavy atom. The molecule has 1 fully saturated rings. The minimum Gasteiger partial charge on any atom is -0.332 e. The van der Waals surface area contributed by atoms with Crippen molar-refractivity contribution in [2.45, 2.75) is 25.9 Å². The first-order valence-electron chi connectivity index (χ1n) is 4.27. The van der Waals surface area contributed by atoms with Crippen LogP contribution in [0.5, 0.6) is 0 Å². The Morgan fingerprint density at radius 1 is 1.83 bits per heavy atom. The molecule has 66 valence electrons. The Hall–Kier alpha value is -0.540. The van der Waals surface area contributed by atoms with Crippen LogP contribution in [0, 0.1) is 0 Å². The summed E-state index contributed by atoms with van der Waals surface area (Å²) in [7, 11) is 0. The zero-order valence-corrected chi connectivity index (χ0v) is 7.80. The molecule has 1 aromatic heterocycles. The van der Waals surface area contributed by atoms with Crippen molar-refractivity contribution >= 4 is 11.6 Å². The molecule has 1 saturated heterocycles. The molecule has 4 heteroatoms. The van der Waals surface area contributed by atoms with Crippen molar-refractivity contribution in [3.63, 3.8) is 0 Å². The minimum absolute atomic E-state index is 0.431. The van der Waals surface area contributed by atoms with Gasteiger partial charge in [0.1, 0.15) is 0 Å². The Balaban J connectivity index is 2.31. The second-order valence-corrected chi connectivity index (χ2v) is 3.36. The second-order valence-electron chi connectivity index (χ2n) is 3.00. The van der Waals surface area contributed by atoms with Crippen LogP contribution in [-0.4, -0.2) is 16.1 Å². The van der Waals surface area contributed by atoms with Gasteiger partial charge in [-0.3, -0.25) is 0 Å². The number of aromatic nitrogens is 2. The molecule has 2 rings (SSSR count). The van der Waals surface area contributed by atoms with Gasteiger partial charge in [0.05, 0.1) is 18.1 Å². The number of hydrogen-bond acceptors (Lipinski definition) is 2. The van der Waals surface area contributed by atoms with E-state index in [1.54, 1.807) is 6.33 Å². The van der Waals surface area contributed by atoms with Crippen molar-refractivity contribution in [3.05, 3.63) is 17.2 Å². The molecular formula is C8H12ClN3. The molecule has 2 heterocycles. The van der Waals surface area contributed by atoms with Crippen molar-refractivity contribution in [2.24, 2.45) is 0 Å². The maximum atomic E-state index is 5.96. The van der Waals surface area contributed by atoms with E-state index >= 15 is 0 Å². The van der Waals surface area contributed by atoms with Crippen LogP contribution in [0.15, 0.2) is 6.33 Å². The average Bonchev–Trinajstić information content (AvgIpc) is 2.30. The summed E-state index contributed by atoms with van der Waals surface area (Å²) in [6.45, 7) is 4.13. The van der Waals surface area contributed by atoms with Crippen LogP contribution in [0.1, 0.15) is 25.1 Å². The third-order valence-corrected chi connectivity index (χ3v) is 2.62. The molecule has 3 nitrogen and oxygen atoms in total. The molecule has 1 atom stereocenters. The molecule has 1 aromatic rings.